The van der Waals surface area contributed by atoms with E-state index in [0.29, 0.717) is 5.56 Å². The normalized spacial score (nSPS) is 19.0. The van der Waals surface area contributed by atoms with Crippen molar-refractivity contribution < 1.29 is 19.1 Å². The number of carbonyl (C=O) groups is 2. The summed E-state index contributed by atoms with van der Waals surface area (Å²) in [5.74, 6) is -0.749. The van der Waals surface area contributed by atoms with E-state index in [2.05, 4.69) is 22.3 Å². The highest BCUT2D eigenvalue weighted by molar-refractivity contribution is 5.91. The molecule has 1 heterocycles. The third-order valence-corrected chi connectivity index (χ3v) is 5.74. The van der Waals surface area contributed by atoms with Crippen LogP contribution in [0.3, 0.4) is 0 Å². The van der Waals surface area contributed by atoms with E-state index >= 15 is 0 Å². The maximum Gasteiger partial charge on any atom is 0.338 e. The molecule has 0 unspecified atom stereocenters. The van der Waals surface area contributed by atoms with Gasteiger partial charge in [-0.2, -0.15) is 0 Å². The number of carbonyl (C=O) groups excluding carboxylic acids is 2. The molecule has 1 fully saturated rings. The van der Waals surface area contributed by atoms with Crippen LogP contribution in [-0.2, 0) is 27.2 Å². The van der Waals surface area contributed by atoms with Gasteiger partial charge >= 0.3 is 5.97 Å². The lowest BCUT2D eigenvalue weighted by Crippen LogP contribution is -2.35. The summed E-state index contributed by atoms with van der Waals surface area (Å²) < 4.78 is 10.6. The van der Waals surface area contributed by atoms with E-state index in [9.17, 15) is 9.59 Å². The Bertz CT molecular complexity index is 875. The molecule has 6 heteroatoms. The second kappa shape index (κ2) is 9.87. The van der Waals surface area contributed by atoms with Crippen molar-refractivity contribution in [3.63, 3.8) is 0 Å². The molecule has 0 radical (unpaired) electrons. The van der Waals surface area contributed by atoms with Gasteiger partial charge in [0.1, 0.15) is 0 Å². The molecular weight excluding hydrogens is 380 g/mol. The minimum Gasteiger partial charge on any atom is -0.452 e. The van der Waals surface area contributed by atoms with Crippen molar-refractivity contribution in [1.29, 1.82) is 0 Å². The minimum absolute atomic E-state index is 0.0133. The summed E-state index contributed by atoms with van der Waals surface area (Å²) in [6, 6.07) is 15.6. The van der Waals surface area contributed by atoms with Gasteiger partial charge in [-0.15, -0.1) is 0 Å². The lowest BCUT2D eigenvalue weighted by atomic mass is 9.88. The number of ether oxygens (including phenoxy) is 2. The number of hydrogen-bond donors (Lipinski definition) is 1. The second-order valence-corrected chi connectivity index (χ2v) is 7.87. The Kier molecular flexibility index (Phi) is 6.77. The number of aryl methyl sites for hydroxylation is 1. The molecule has 6 nitrogen and oxygen atoms in total. The van der Waals surface area contributed by atoms with Gasteiger partial charge < -0.3 is 14.8 Å². The number of nitrogens with zero attached hydrogens (tertiary/aromatic N) is 1. The van der Waals surface area contributed by atoms with E-state index in [4.69, 9.17) is 9.47 Å². The Morgan fingerprint density at radius 3 is 2.63 bits per heavy atom. The van der Waals surface area contributed by atoms with E-state index in [1.165, 1.54) is 11.1 Å². The average Bonchev–Trinajstić information content (AvgIpc) is 2.79. The molecule has 0 saturated carbocycles. The first-order valence-electron chi connectivity index (χ1n) is 10.6. The fourth-order valence-corrected chi connectivity index (χ4v) is 4.12. The first-order valence-corrected chi connectivity index (χ1v) is 10.6. The van der Waals surface area contributed by atoms with Gasteiger partial charge in [-0.25, -0.2) is 4.79 Å². The van der Waals surface area contributed by atoms with E-state index in [-0.39, 0.29) is 18.6 Å². The van der Waals surface area contributed by atoms with Gasteiger partial charge in [-0.1, -0.05) is 36.4 Å². The topological polar surface area (TPSA) is 67.9 Å². The number of esters is 1. The second-order valence-electron chi connectivity index (χ2n) is 7.87. The highest BCUT2D eigenvalue weighted by Crippen LogP contribution is 2.29. The zero-order valence-corrected chi connectivity index (χ0v) is 17.1. The Morgan fingerprint density at radius 1 is 1.07 bits per heavy atom. The zero-order chi connectivity index (χ0) is 20.8. The van der Waals surface area contributed by atoms with Crippen molar-refractivity contribution in [2.24, 2.45) is 0 Å². The van der Waals surface area contributed by atoms with Gasteiger partial charge in [0.15, 0.2) is 6.61 Å². The Labute approximate surface area is 177 Å². The molecule has 2 aromatic rings. The fourth-order valence-electron chi connectivity index (χ4n) is 4.12. The standard InChI is InChI=1S/C24H28N2O4/c27-23(25-22-7-3-5-19-4-1-2-6-21(19)22)17-30-24(28)20-10-8-18(9-11-20)16-26-12-14-29-15-13-26/h1-2,4,6,8-11,22H,3,5,7,12-17H2,(H,25,27)/t22-/m1/s1. The van der Waals surface area contributed by atoms with Crippen molar-refractivity contribution in [1.82, 2.24) is 10.2 Å². The van der Waals surface area contributed by atoms with Crippen LogP contribution in [0.1, 0.15) is 45.9 Å². The average molecular weight is 408 g/mol. The predicted molar refractivity (Wildman–Crippen MR) is 113 cm³/mol. The maximum atomic E-state index is 12.3. The van der Waals surface area contributed by atoms with Crippen LogP contribution in [0, 0.1) is 0 Å². The molecule has 2 aromatic carbocycles. The first-order chi connectivity index (χ1) is 14.7. The van der Waals surface area contributed by atoms with Crippen LogP contribution >= 0.6 is 0 Å². The number of benzene rings is 2. The monoisotopic (exact) mass is 408 g/mol. The Morgan fingerprint density at radius 2 is 1.83 bits per heavy atom. The third kappa shape index (κ3) is 5.26. The summed E-state index contributed by atoms with van der Waals surface area (Å²) in [7, 11) is 0. The largest absolute Gasteiger partial charge is 0.452 e. The molecule has 30 heavy (non-hydrogen) atoms. The zero-order valence-electron chi connectivity index (χ0n) is 17.1. The number of fused-ring (bicyclic) bond motifs is 1. The SMILES string of the molecule is O=C(COC(=O)c1ccc(CN2CCOCC2)cc1)N[C@@H]1CCCc2ccccc21. The van der Waals surface area contributed by atoms with Crippen LogP contribution in [0.15, 0.2) is 48.5 Å². The van der Waals surface area contributed by atoms with E-state index in [1.54, 1.807) is 12.1 Å². The first kappa shape index (κ1) is 20.6. The van der Waals surface area contributed by atoms with Crippen molar-refractivity contribution in [2.75, 3.05) is 32.9 Å². The molecule has 0 bridgehead atoms. The lowest BCUT2D eigenvalue weighted by molar-refractivity contribution is -0.125. The Hall–Kier alpha value is -2.70. The quantitative estimate of drug-likeness (QED) is 0.745. The summed E-state index contributed by atoms with van der Waals surface area (Å²) in [6.45, 7) is 3.93. The molecule has 0 aromatic heterocycles. The highest BCUT2D eigenvalue weighted by Gasteiger charge is 2.22. The van der Waals surface area contributed by atoms with E-state index < -0.39 is 5.97 Å². The minimum atomic E-state index is -0.480. The van der Waals surface area contributed by atoms with Gasteiger partial charge in [-0.3, -0.25) is 9.69 Å². The summed E-state index contributed by atoms with van der Waals surface area (Å²) in [4.78, 5) is 27.0. The molecule has 1 saturated heterocycles. The molecule has 1 atom stereocenters. The molecule has 1 N–H and O–H groups in total. The molecule has 1 aliphatic heterocycles. The van der Waals surface area contributed by atoms with Gasteiger partial charge in [0, 0.05) is 19.6 Å². The van der Waals surface area contributed by atoms with E-state index in [1.807, 2.05) is 24.3 Å². The van der Waals surface area contributed by atoms with E-state index in [0.717, 1.165) is 57.7 Å². The third-order valence-electron chi connectivity index (χ3n) is 5.74. The molecule has 1 amide bonds. The molecule has 2 aliphatic rings. The number of amides is 1. The fraction of sp³-hybridized carbons (Fsp3) is 0.417. The molecule has 1 aliphatic carbocycles. The summed E-state index contributed by atoms with van der Waals surface area (Å²) in [5, 5.41) is 3.00. The summed E-state index contributed by atoms with van der Waals surface area (Å²) in [6.07, 6.45) is 2.99. The number of hydrogen-bond acceptors (Lipinski definition) is 5. The van der Waals surface area contributed by atoms with Gasteiger partial charge in [-0.05, 0) is 48.1 Å². The van der Waals surface area contributed by atoms with Crippen molar-refractivity contribution in [3.8, 4) is 0 Å². The number of rotatable bonds is 6. The van der Waals surface area contributed by atoms with Crippen LogP contribution in [0.5, 0.6) is 0 Å². The smallest absolute Gasteiger partial charge is 0.338 e. The molecule has 0 spiro atoms. The summed E-state index contributed by atoms with van der Waals surface area (Å²) >= 11 is 0. The van der Waals surface area contributed by atoms with Crippen molar-refractivity contribution >= 4 is 11.9 Å². The van der Waals surface area contributed by atoms with Gasteiger partial charge in [0.05, 0.1) is 24.8 Å². The van der Waals surface area contributed by atoms with Crippen LogP contribution < -0.4 is 5.32 Å². The summed E-state index contributed by atoms with van der Waals surface area (Å²) in [5.41, 5.74) is 4.04. The van der Waals surface area contributed by atoms with Gasteiger partial charge in [0.2, 0.25) is 0 Å². The van der Waals surface area contributed by atoms with Gasteiger partial charge in [0.25, 0.3) is 5.91 Å². The molecular formula is C24H28N2O4. The van der Waals surface area contributed by atoms with Crippen molar-refractivity contribution in [2.45, 2.75) is 31.8 Å². The van der Waals surface area contributed by atoms with Crippen LogP contribution in [0.25, 0.3) is 0 Å². The lowest BCUT2D eigenvalue weighted by Gasteiger charge is -2.26. The van der Waals surface area contributed by atoms with Crippen LogP contribution in [0.2, 0.25) is 0 Å². The molecule has 158 valence electrons. The van der Waals surface area contributed by atoms with Crippen LogP contribution in [-0.4, -0.2) is 49.7 Å². The van der Waals surface area contributed by atoms with Crippen molar-refractivity contribution in [3.05, 3.63) is 70.8 Å². The molecule has 4 rings (SSSR count). The van der Waals surface area contributed by atoms with Crippen LogP contribution in [0.4, 0.5) is 0 Å². The number of nitrogens with one attached hydrogen (secondary N) is 1. The highest BCUT2D eigenvalue weighted by atomic mass is 16.5. The predicted octanol–water partition coefficient (Wildman–Crippen LogP) is 2.87. The maximum absolute atomic E-state index is 12.3. The number of morpholine rings is 1. The Balaban J connectivity index is 1.26.